The maximum absolute atomic E-state index is 14.1. The van der Waals surface area contributed by atoms with E-state index in [9.17, 15) is 18.0 Å². The Morgan fingerprint density at radius 3 is 2.33 bits per heavy atom. The predicted molar refractivity (Wildman–Crippen MR) is 108 cm³/mol. The number of hydrogen-bond donors (Lipinski definition) is 1. The van der Waals surface area contributed by atoms with E-state index in [1.165, 1.54) is 12.1 Å². The molecule has 1 aromatic heterocycles. The van der Waals surface area contributed by atoms with Gasteiger partial charge in [0, 0.05) is 11.8 Å². The van der Waals surface area contributed by atoms with E-state index in [4.69, 9.17) is 11.0 Å². The molecular formula is C22H25F3N4O. The molecule has 2 rings (SSSR count). The lowest BCUT2D eigenvalue weighted by Gasteiger charge is -2.37. The van der Waals surface area contributed by atoms with Crippen LogP contribution in [0.1, 0.15) is 37.4 Å². The van der Waals surface area contributed by atoms with Crippen molar-refractivity contribution in [2.75, 3.05) is 6.54 Å². The monoisotopic (exact) mass is 418 g/mol. The molecule has 2 N–H and O–H groups in total. The lowest BCUT2D eigenvalue weighted by atomic mass is 9.96. The van der Waals surface area contributed by atoms with Gasteiger partial charge in [-0.15, -0.1) is 0 Å². The van der Waals surface area contributed by atoms with E-state index in [2.05, 4.69) is 4.98 Å². The second kappa shape index (κ2) is 9.72. The average molecular weight is 418 g/mol. The first-order valence-corrected chi connectivity index (χ1v) is 9.56. The molecule has 0 aliphatic rings. The number of aromatic nitrogens is 1. The first kappa shape index (κ1) is 23.4. The van der Waals surface area contributed by atoms with Crippen LogP contribution >= 0.6 is 0 Å². The van der Waals surface area contributed by atoms with E-state index < -0.39 is 30.7 Å². The number of primary amides is 1. The number of alkyl halides is 3. The number of hydrogen-bond acceptors (Lipinski definition) is 4. The van der Waals surface area contributed by atoms with E-state index in [0.29, 0.717) is 11.3 Å². The fraction of sp³-hybridized carbons (Fsp3) is 0.409. The van der Waals surface area contributed by atoms with Crippen molar-refractivity contribution < 1.29 is 18.0 Å². The van der Waals surface area contributed by atoms with E-state index in [-0.39, 0.29) is 17.9 Å². The van der Waals surface area contributed by atoms with Gasteiger partial charge in [-0.3, -0.25) is 14.7 Å². The number of carbonyl (C=O) groups excluding carboxylic acids is 1. The molecule has 5 nitrogen and oxygen atoms in total. The largest absolute Gasteiger partial charge is 0.408 e. The Labute approximate surface area is 174 Å². The second-order valence-electron chi connectivity index (χ2n) is 7.66. The first-order valence-electron chi connectivity index (χ1n) is 9.56. The number of rotatable bonds is 8. The summed E-state index contributed by atoms with van der Waals surface area (Å²) in [6, 6.07) is 7.90. The predicted octanol–water partition coefficient (Wildman–Crippen LogP) is 4.39. The third-order valence-corrected chi connectivity index (χ3v) is 4.76. The molecule has 0 saturated heterocycles. The summed E-state index contributed by atoms with van der Waals surface area (Å²) in [5.41, 5.74) is 7.66. The Kier molecular flexibility index (Phi) is 7.57. The number of halogens is 3. The SMILES string of the molecule is Cc1ccnc(-c2ccc([C@H](N(CC#N)[C@@H](CC(C)C)C(N)=O)C(F)(F)F)cc2)c1. The summed E-state index contributed by atoms with van der Waals surface area (Å²) in [6.45, 7) is 4.89. The number of nitrogens with zero attached hydrogens (tertiary/aromatic N) is 3. The van der Waals surface area contributed by atoms with Crippen LogP contribution in [0.4, 0.5) is 13.2 Å². The third kappa shape index (κ3) is 5.80. The maximum Gasteiger partial charge on any atom is 0.408 e. The summed E-state index contributed by atoms with van der Waals surface area (Å²) in [7, 11) is 0. The molecule has 8 heteroatoms. The van der Waals surface area contributed by atoms with Gasteiger partial charge in [0.15, 0.2) is 0 Å². The van der Waals surface area contributed by atoms with Crippen molar-refractivity contribution in [3.8, 4) is 17.3 Å². The van der Waals surface area contributed by atoms with E-state index in [1.54, 1.807) is 38.2 Å². The van der Waals surface area contributed by atoms with Crippen molar-refractivity contribution in [3.05, 3.63) is 53.7 Å². The molecule has 30 heavy (non-hydrogen) atoms. The molecule has 0 bridgehead atoms. The summed E-state index contributed by atoms with van der Waals surface area (Å²) in [5, 5.41) is 9.16. The summed E-state index contributed by atoms with van der Waals surface area (Å²) in [5.74, 6) is -0.957. The second-order valence-corrected chi connectivity index (χ2v) is 7.66. The molecule has 0 aliphatic heterocycles. The fourth-order valence-corrected chi connectivity index (χ4v) is 3.42. The van der Waals surface area contributed by atoms with Crippen LogP contribution in [0.5, 0.6) is 0 Å². The van der Waals surface area contributed by atoms with Crippen LogP contribution in [0, 0.1) is 24.2 Å². The lowest BCUT2D eigenvalue weighted by molar-refractivity contribution is -0.192. The number of carbonyl (C=O) groups is 1. The zero-order valence-electron chi connectivity index (χ0n) is 17.1. The van der Waals surface area contributed by atoms with Gasteiger partial charge in [0.2, 0.25) is 5.91 Å². The lowest BCUT2D eigenvalue weighted by Crippen LogP contribution is -2.51. The molecule has 0 fully saturated rings. The minimum Gasteiger partial charge on any atom is -0.368 e. The molecule has 2 atom stereocenters. The molecule has 0 radical (unpaired) electrons. The Morgan fingerprint density at radius 2 is 1.87 bits per heavy atom. The number of pyridine rings is 1. The van der Waals surface area contributed by atoms with E-state index >= 15 is 0 Å². The molecule has 160 valence electrons. The molecule has 0 spiro atoms. The summed E-state index contributed by atoms with van der Waals surface area (Å²) >= 11 is 0. The normalized spacial score (nSPS) is 13.8. The van der Waals surface area contributed by atoms with Gasteiger partial charge in [0.05, 0.1) is 24.3 Å². The highest BCUT2D eigenvalue weighted by Gasteiger charge is 2.47. The zero-order valence-corrected chi connectivity index (χ0v) is 17.1. The third-order valence-electron chi connectivity index (χ3n) is 4.76. The van der Waals surface area contributed by atoms with E-state index in [0.717, 1.165) is 10.5 Å². The van der Waals surface area contributed by atoms with Crippen molar-refractivity contribution >= 4 is 5.91 Å². The topological polar surface area (TPSA) is 83.0 Å². The van der Waals surface area contributed by atoms with Crippen LogP contribution in [0.3, 0.4) is 0 Å². The smallest absolute Gasteiger partial charge is 0.368 e. The molecular weight excluding hydrogens is 393 g/mol. The number of nitrogens with two attached hydrogens (primary N) is 1. The van der Waals surface area contributed by atoms with Crippen LogP contribution in [0.25, 0.3) is 11.3 Å². The highest BCUT2D eigenvalue weighted by Crippen LogP contribution is 2.40. The highest BCUT2D eigenvalue weighted by molar-refractivity contribution is 5.80. The van der Waals surface area contributed by atoms with Crippen LogP contribution in [-0.4, -0.2) is 34.6 Å². The Morgan fingerprint density at radius 1 is 1.23 bits per heavy atom. The van der Waals surface area contributed by atoms with Gasteiger partial charge in [0.1, 0.15) is 6.04 Å². The quantitative estimate of drug-likeness (QED) is 0.645. The number of nitriles is 1. The van der Waals surface area contributed by atoms with Gasteiger partial charge in [0.25, 0.3) is 0 Å². The van der Waals surface area contributed by atoms with Gasteiger partial charge < -0.3 is 5.73 Å². The number of amides is 1. The van der Waals surface area contributed by atoms with Crippen LogP contribution in [-0.2, 0) is 4.79 Å². The average Bonchev–Trinajstić information content (AvgIpc) is 2.65. The standard InChI is InChI=1S/C22H25F3N4O/c1-14(2)12-19(21(27)30)29(11-9-26)20(22(23,24)25)17-6-4-16(5-7-17)18-13-15(3)8-10-28-18/h4-8,10,13-14,19-20H,11-12H2,1-3H3,(H2,27,30)/t19-,20-/m0/s1. The van der Waals surface area contributed by atoms with Crippen molar-refractivity contribution in [2.45, 2.75) is 45.5 Å². The van der Waals surface area contributed by atoms with Crippen molar-refractivity contribution in [2.24, 2.45) is 11.7 Å². The van der Waals surface area contributed by atoms with Crippen molar-refractivity contribution in [1.82, 2.24) is 9.88 Å². The van der Waals surface area contributed by atoms with Crippen LogP contribution in [0.2, 0.25) is 0 Å². The van der Waals surface area contributed by atoms with Gasteiger partial charge >= 0.3 is 6.18 Å². The maximum atomic E-state index is 14.1. The molecule has 1 amide bonds. The van der Waals surface area contributed by atoms with Gasteiger partial charge in [-0.2, -0.15) is 18.4 Å². The molecule has 0 saturated carbocycles. The summed E-state index contributed by atoms with van der Waals surface area (Å²) in [6.07, 6.45) is -2.95. The minimum absolute atomic E-state index is 0.0656. The van der Waals surface area contributed by atoms with Gasteiger partial charge in [-0.05, 0) is 42.5 Å². The zero-order chi connectivity index (χ0) is 22.5. The summed E-state index contributed by atoms with van der Waals surface area (Å²) < 4.78 is 42.3. The van der Waals surface area contributed by atoms with Gasteiger partial charge in [-0.25, -0.2) is 0 Å². The number of aryl methyl sites for hydroxylation is 1. The van der Waals surface area contributed by atoms with Crippen molar-refractivity contribution in [3.63, 3.8) is 0 Å². The fourth-order valence-electron chi connectivity index (χ4n) is 3.42. The van der Waals surface area contributed by atoms with Crippen LogP contribution < -0.4 is 5.73 Å². The van der Waals surface area contributed by atoms with Gasteiger partial charge in [-0.1, -0.05) is 38.1 Å². The molecule has 2 aromatic rings. The highest BCUT2D eigenvalue weighted by atomic mass is 19.4. The van der Waals surface area contributed by atoms with E-state index in [1.807, 2.05) is 19.1 Å². The molecule has 1 aromatic carbocycles. The Bertz CT molecular complexity index is 904. The summed E-state index contributed by atoms with van der Waals surface area (Å²) in [4.78, 5) is 17.1. The molecule has 0 unspecified atom stereocenters. The van der Waals surface area contributed by atoms with Crippen LogP contribution in [0.15, 0.2) is 42.6 Å². The Balaban J connectivity index is 2.49. The first-order chi connectivity index (χ1) is 14.0. The Hall–Kier alpha value is -2.92. The minimum atomic E-state index is -4.70. The molecule has 0 aliphatic carbocycles. The number of benzene rings is 1. The molecule has 1 heterocycles. The van der Waals surface area contributed by atoms with Crippen molar-refractivity contribution in [1.29, 1.82) is 5.26 Å².